The first-order valence-electron chi connectivity index (χ1n) is 13.2. The van der Waals surface area contributed by atoms with Crippen LogP contribution in [0.5, 0.6) is 0 Å². The summed E-state index contributed by atoms with van der Waals surface area (Å²) in [6.07, 6.45) is 5.43. The molecule has 5 aromatic rings. The fraction of sp³-hybridized carbons (Fsp3) is 0.105. The fourth-order valence-electron chi connectivity index (χ4n) is 4.83. The number of hydrogen-bond donors (Lipinski definition) is 0. The van der Waals surface area contributed by atoms with E-state index in [1.165, 1.54) is 22.3 Å². The lowest BCUT2D eigenvalue weighted by molar-refractivity contribution is 0.101. The molecular formula is C38H30BrNO. The van der Waals surface area contributed by atoms with Gasteiger partial charge in [-0.05, 0) is 114 Å². The molecule has 5 rings (SSSR count). The largest absolute Gasteiger partial charge is 0.294 e. The average Bonchev–Trinajstić information content (AvgIpc) is 2.98. The number of aryl methyl sites for hydroxylation is 1. The van der Waals surface area contributed by atoms with Crippen LogP contribution in [0.2, 0.25) is 0 Å². The van der Waals surface area contributed by atoms with E-state index in [0.29, 0.717) is 5.56 Å². The van der Waals surface area contributed by atoms with Crippen molar-refractivity contribution in [3.8, 4) is 40.7 Å². The summed E-state index contributed by atoms with van der Waals surface area (Å²) >= 11 is 3.52. The van der Waals surface area contributed by atoms with Crippen LogP contribution in [0.4, 0.5) is 0 Å². The molecule has 0 aliphatic rings. The van der Waals surface area contributed by atoms with Gasteiger partial charge in [-0.1, -0.05) is 82.5 Å². The number of nitriles is 1. The summed E-state index contributed by atoms with van der Waals surface area (Å²) in [5, 5.41) is 11.0. The molecule has 0 aromatic heterocycles. The highest BCUT2D eigenvalue weighted by Gasteiger charge is 2.12. The molecular weight excluding hydrogens is 566 g/mol. The van der Waals surface area contributed by atoms with Crippen LogP contribution in [-0.2, 0) is 0 Å². The summed E-state index contributed by atoms with van der Waals surface area (Å²) in [4.78, 5) is 11.7. The smallest absolute Gasteiger partial charge is 0.160 e. The number of fused-ring (bicyclic) bond motifs is 1. The molecule has 5 aromatic carbocycles. The van der Waals surface area contributed by atoms with Crippen molar-refractivity contribution in [3.05, 3.63) is 135 Å². The Balaban J connectivity index is 0.000000201. The minimum atomic E-state index is 0.0798. The molecule has 0 saturated carbocycles. The first kappa shape index (κ1) is 29.3. The highest BCUT2D eigenvalue weighted by Crippen LogP contribution is 2.33. The number of benzene rings is 5. The molecule has 0 unspecified atom stereocenters. The van der Waals surface area contributed by atoms with Crippen LogP contribution >= 0.6 is 15.9 Å². The van der Waals surface area contributed by atoms with Gasteiger partial charge in [0.1, 0.15) is 0 Å². The van der Waals surface area contributed by atoms with Gasteiger partial charge in [0.05, 0.1) is 11.6 Å². The van der Waals surface area contributed by atoms with E-state index in [4.69, 9.17) is 11.7 Å². The van der Waals surface area contributed by atoms with Crippen molar-refractivity contribution < 1.29 is 4.79 Å². The van der Waals surface area contributed by atoms with Gasteiger partial charge in [-0.2, -0.15) is 5.26 Å². The van der Waals surface area contributed by atoms with Crippen LogP contribution in [0, 0.1) is 37.5 Å². The first-order valence-corrected chi connectivity index (χ1v) is 14.0. The van der Waals surface area contributed by atoms with Crippen molar-refractivity contribution in [2.24, 2.45) is 0 Å². The number of allylic oxidation sites excluding steroid dienone is 1. The maximum Gasteiger partial charge on any atom is 0.160 e. The zero-order valence-corrected chi connectivity index (χ0v) is 25.3. The van der Waals surface area contributed by atoms with Crippen molar-refractivity contribution >= 4 is 38.1 Å². The Hall–Kier alpha value is -4.70. The predicted octanol–water partition coefficient (Wildman–Crippen LogP) is 10.3. The van der Waals surface area contributed by atoms with Gasteiger partial charge in [0.15, 0.2) is 5.78 Å². The van der Waals surface area contributed by atoms with Gasteiger partial charge in [-0.15, -0.1) is 6.42 Å². The van der Waals surface area contributed by atoms with E-state index >= 15 is 0 Å². The number of terminal acetylenes is 1. The maximum absolute atomic E-state index is 11.7. The van der Waals surface area contributed by atoms with E-state index in [1.807, 2.05) is 73.7 Å². The minimum absolute atomic E-state index is 0.0798. The molecule has 0 N–H and O–H groups in total. The summed E-state index contributed by atoms with van der Waals surface area (Å²) in [7, 11) is 0. The third-order valence-corrected chi connectivity index (χ3v) is 7.90. The van der Waals surface area contributed by atoms with Gasteiger partial charge in [0.2, 0.25) is 0 Å². The van der Waals surface area contributed by atoms with Crippen molar-refractivity contribution in [1.82, 2.24) is 0 Å². The van der Waals surface area contributed by atoms with E-state index < -0.39 is 0 Å². The van der Waals surface area contributed by atoms with Crippen LogP contribution in [-0.4, -0.2) is 5.78 Å². The van der Waals surface area contributed by atoms with Crippen molar-refractivity contribution in [3.63, 3.8) is 0 Å². The van der Waals surface area contributed by atoms with Gasteiger partial charge >= 0.3 is 0 Å². The number of hydrogen-bond acceptors (Lipinski definition) is 2. The molecule has 0 aliphatic heterocycles. The van der Waals surface area contributed by atoms with Crippen molar-refractivity contribution in [2.45, 2.75) is 27.7 Å². The number of halogens is 1. The molecule has 0 aliphatic carbocycles. The van der Waals surface area contributed by atoms with Crippen LogP contribution in [0.1, 0.15) is 52.0 Å². The van der Waals surface area contributed by atoms with E-state index in [0.717, 1.165) is 48.6 Å². The Morgan fingerprint density at radius 3 is 2.02 bits per heavy atom. The molecule has 0 spiro atoms. The second-order valence-corrected chi connectivity index (χ2v) is 10.9. The molecule has 0 fully saturated rings. The topological polar surface area (TPSA) is 40.9 Å². The normalized spacial score (nSPS) is 10.2. The highest BCUT2D eigenvalue weighted by molar-refractivity contribution is 9.10. The van der Waals surface area contributed by atoms with E-state index in [9.17, 15) is 4.79 Å². The lowest BCUT2D eigenvalue weighted by Gasteiger charge is -2.13. The summed E-state index contributed by atoms with van der Waals surface area (Å²) in [5.41, 5.74) is 11.4. The lowest BCUT2D eigenvalue weighted by Crippen LogP contribution is -1.96. The Kier molecular flexibility index (Phi) is 9.04. The van der Waals surface area contributed by atoms with Gasteiger partial charge in [-0.3, -0.25) is 4.79 Å². The molecule has 0 bridgehead atoms. The third-order valence-electron chi connectivity index (χ3n) is 7.20. The van der Waals surface area contributed by atoms with Gasteiger partial charge in [0, 0.05) is 21.0 Å². The maximum atomic E-state index is 11.7. The quantitative estimate of drug-likeness (QED) is 0.153. The third kappa shape index (κ3) is 6.38. The zero-order valence-electron chi connectivity index (χ0n) is 23.7. The predicted molar refractivity (Wildman–Crippen MR) is 176 cm³/mol. The number of rotatable bonds is 4. The highest BCUT2D eigenvalue weighted by atomic mass is 79.9. The minimum Gasteiger partial charge on any atom is -0.294 e. The van der Waals surface area contributed by atoms with E-state index in [-0.39, 0.29) is 5.78 Å². The molecule has 0 saturated heterocycles. The molecule has 0 amide bonds. The molecule has 0 heterocycles. The number of ketones is 1. The van der Waals surface area contributed by atoms with Crippen molar-refractivity contribution in [1.29, 1.82) is 5.26 Å². The Bertz CT molecular complexity index is 1840. The summed E-state index contributed by atoms with van der Waals surface area (Å²) in [6.45, 7) is 11.8. The van der Waals surface area contributed by atoms with E-state index in [2.05, 4.69) is 72.6 Å². The summed E-state index contributed by atoms with van der Waals surface area (Å²) in [5.74, 6) is 2.73. The Morgan fingerprint density at radius 2 is 1.44 bits per heavy atom. The van der Waals surface area contributed by atoms with Crippen LogP contribution in [0.25, 0.3) is 38.6 Å². The van der Waals surface area contributed by atoms with Gasteiger partial charge in [-0.25, -0.2) is 0 Å². The van der Waals surface area contributed by atoms with Gasteiger partial charge < -0.3 is 0 Å². The molecule has 200 valence electrons. The van der Waals surface area contributed by atoms with Crippen LogP contribution < -0.4 is 0 Å². The molecule has 2 nitrogen and oxygen atoms in total. The molecule has 0 radical (unpaired) electrons. The van der Waals surface area contributed by atoms with Gasteiger partial charge in [0.25, 0.3) is 0 Å². The average molecular weight is 597 g/mol. The molecule has 41 heavy (non-hydrogen) atoms. The Morgan fingerprint density at radius 1 is 0.805 bits per heavy atom. The van der Waals surface area contributed by atoms with Crippen LogP contribution in [0.3, 0.4) is 0 Å². The van der Waals surface area contributed by atoms with Crippen molar-refractivity contribution in [2.75, 3.05) is 0 Å². The standard InChI is InChI=1S/C23H17N.C15H13BrO/c1-4-18-5-9-20(10-6-18)22-13-16(2)17(3)23(14-22)21-11-7-19(15-24)8-12-21;1-9(2)11-5-4-6-13-14(16)8-7-12(10(3)17)15(11)13/h1,5-14H,2-3H3;4-8H,1H2,2-3H3. The second-order valence-electron chi connectivity index (χ2n) is 10.0. The zero-order chi connectivity index (χ0) is 29.7. The lowest BCUT2D eigenvalue weighted by atomic mass is 9.91. The SMILES string of the molecule is C#Cc1ccc(-c2cc(C)c(C)c(-c3ccc(C#N)cc3)c2)cc1.C=C(C)c1cccc2c(Br)ccc(C(C)=O)c12. The Labute approximate surface area is 251 Å². The molecule has 3 heteroatoms. The van der Waals surface area contributed by atoms with E-state index in [1.54, 1.807) is 6.92 Å². The van der Waals surface area contributed by atoms with Crippen LogP contribution in [0.15, 0.2) is 102 Å². The monoisotopic (exact) mass is 595 g/mol. The number of carbonyl (C=O) groups excluding carboxylic acids is 1. The summed E-state index contributed by atoms with van der Waals surface area (Å²) in [6, 6.07) is 32.1. The number of carbonyl (C=O) groups is 1. The molecule has 0 atom stereocenters. The number of nitrogens with zero attached hydrogens (tertiary/aromatic N) is 1. The first-order chi connectivity index (χ1) is 19.6. The summed E-state index contributed by atoms with van der Waals surface area (Å²) < 4.78 is 1.00. The second kappa shape index (κ2) is 12.6. The number of Topliss-reactive ketones (excluding diaryl/α,β-unsaturated/α-hetero) is 1. The fourth-order valence-corrected chi connectivity index (χ4v) is 5.29.